The maximum absolute atomic E-state index is 9.41. The normalized spacial score (nSPS) is 19.0. The molecule has 0 radical (unpaired) electrons. The van der Waals surface area contributed by atoms with Crippen LogP contribution in [0.3, 0.4) is 0 Å². The van der Waals surface area contributed by atoms with Gasteiger partial charge in [-0.15, -0.1) is 0 Å². The summed E-state index contributed by atoms with van der Waals surface area (Å²) in [6.45, 7) is 4.00. The molecule has 19 heavy (non-hydrogen) atoms. The molecule has 0 bridgehead atoms. The topological polar surface area (TPSA) is 62.4 Å². The average molecular weight is 282 g/mol. The first-order valence-corrected chi connectivity index (χ1v) is 6.76. The fourth-order valence-corrected chi connectivity index (χ4v) is 2.62. The Labute approximate surface area is 116 Å². The summed E-state index contributed by atoms with van der Waals surface area (Å²) in [6, 6.07) is 1.79. The monoisotopic (exact) mass is 281 g/mol. The van der Waals surface area contributed by atoms with Gasteiger partial charge in [-0.2, -0.15) is 4.98 Å². The van der Waals surface area contributed by atoms with E-state index in [0.717, 1.165) is 37.3 Å². The highest BCUT2D eigenvalue weighted by atomic mass is 35.5. The second kappa shape index (κ2) is 4.65. The third-order valence-corrected chi connectivity index (χ3v) is 4.08. The van der Waals surface area contributed by atoms with E-state index >= 15 is 0 Å². The van der Waals surface area contributed by atoms with E-state index in [1.165, 1.54) is 0 Å². The number of hydrogen-bond acceptors (Lipinski definition) is 5. The first-order valence-electron chi connectivity index (χ1n) is 6.38. The molecule has 3 heterocycles. The highest BCUT2D eigenvalue weighted by Gasteiger charge is 2.31. The van der Waals surface area contributed by atoms with Gasteiger partial charge >= 0.3 is 0 Å². The van der Waals surface area contributed by atoms with Gasteiger partial charge in [-0.1, -0.05) is 6.92 Å². The van der Waals surface area contributed by atoms with E-state index < -0.39 is 0 Å². The summed E-state index contributed by atoms with van der Waals surface area (Å²) in [5, 5.41) is 9.64. The maximum atomic E-state index is 9.41. The minimum Gasteiger partial charge on any atom is -0.459 e. The molecule has 0 amide bonds. The highest BCUT2D eigenvalue weighted by Crippen LogP contribution is 2.34. The Kier molecular flexibility index (Phi) is 3.11. The van der Waals surface area contributed by atoms with E-state index in [4.69, 9.17) is 16.0 Å². The van der Waals surface area contributed by atoms with Crippen LogP contribution in [-0.4, -0.2) is 34.8 Å². The van der Waals surface area contributed by atoms with Crippen LogP contribution in [0.5, 0.6) is 0 Å². The molecule has 0 aromatic carbocycles. The van der Waals surface area contributed by atoms with Gasteiger partial charge in [0.1, 0.15) is 5.52 Å². The number of rotatable bonds is 2. The van der Waals surface area contributed by atoms with Crippen LogP contribution in [0.15, 0.2) is 16.7 Å². The van der Waals surface area contributed by atoms with E-state index in [9.17, 15) is 5.11 Å². The van der Waals surface area contributed by atoms with Gasteiger partial charge in [0.25, 0.3) is 0 Å². The number of furan rings is 1. The highest BCUT2D eigenvalue weighted by molar-refractivity contribution is 6.28. The van der Waals surface area contributed by atoms with Crippen LogP contribution >= 0.6 is 11.6 Å². The van der Waals surface area contributed by atoms with Crippen LogP contribution in [0, 0.1) is 5.41 Å². The van der Waals surface area contributed by atoms with E-state index in [1.54, 1.807) is 12.3 Å². The van der Waals surface area contributed by atoms with Crippen LogP contribution in [0.2, 0.25) is 5.28 Å². The Morgan fingerprint density at radius 3 is 2.84 bits per heavy atom. The molecule has 1 aliphatic rings. The number of hydrogen-bond donors (Lipinski definition) is 1. The Morgan fingerprint density at radius 2 is 2.16 bits per heavy atom. The fraction of sp³-hybridized carbons (Fsp3) is 0.538. The second-order valence-corrected chi connectivity index (χ2v) is 5.75. The third kappa shape index (κ3) is 2.28. The molecule has 0 aliphatic carbocycles. The largest absolute Gasteiger partial charge is 0.459 e. The number of aliphatic hydroxyl groups excluding tert-OH is 1. The zero-order valence-electron chi connectivity index (χ0n) is 10.8. The lowest BCUT2D eigenvalue weighted by molar-refractivity contribution is 0.114. The molecule has 3 rings (SSSR count). The van der Waals surface area contributed by atoms with Crippen LogP contribution in [-0.2, 0) is 0 Å². The predicted molar refractivity (Wildman–Crippen MR) is 73.5 cm³/mol. The minimum atomic E-state index is 0.00953. The zero-order valence-corrected chi connectivity index (χ0v) is 11.5. The van der Waals surface area contributed by atoms with Crippen molar-refractivity contribution >= 4 is 28.5 Å². The first kappa shape index (κ1) is 12.7. The fourth-order valence-electron chi connectivity index (χ4n) is 2.45. The molecule has 6 heteroatoms. The average Bonchev–Trinajstić information content (AvgIpc) is 2.87. The molecule has 1 N–H and O–H groups in total. The SMILES string of the molecule is CC1(CO)CCN(c2nc(Cl)nc3ccoc23)CC1. The lowest BCUT2D eigenvalue weighted by atomic mass is 9.81. The lowest BCUT2D eigenvalue weighted by Crippen LogP contribution is -2.40. The third-order valence-electron chi connectivity index (χ3n) is 3.91. The number of fused-ring (bicyclic) bond motifs is 1. The molecule has 5 nitrogen and oxygen atoms in total. The van der Waals surface area contributed by atoms with Gasteiger partial charge in [-0.3, -0.25) is 0 Å². The zero-order chi connectivity index (χ0) is 13.5. The van der Waals surface area contributed by atoms with Crippen molar-refractivity contribution in [1.82, 2.24) is 9.97 Å². The summed E-state index contributed by atoms with van der Waals surface area (Å²) >= 11 is 5.95. The van der Waals surface area contributed by atoms with Gasteiger partial charge in [0, 0.05) is 25.8 Å². The van der Waals surface area contributed by atoms with Crippen molar-refractivity contribution in [3.63, 3.8) is 0 Å². The van der Waals surface area contributed by atoms with Crippen molar-refractivity contribution in [3.05, 3.63) is 17.6 Å². The van der Waals surface area contributed by atoms with Crippen LogP contribution < -0.4 is 4.90 Å². The first-order chi connectivity index (χ1) is 9.11. The molecule has 102 valence electrons. The summed E-state index contributed by atoms with van der Waals surface area (Å²) in [7, 11) is 0. The Hall–Kier alpha value is -1.33. The molecule has 1 fully saturated rings. The summed E-state index contributed by atoms with van der Waals surface area (Å²) in [6.07, 6.45) is 3.45. The Balaban J connectivity index is 1.91. The number of piperidine rings is 1. The number of halogens is 1. The van der Waals surface area contributed by atoms with Gasteiger partial charge < -0.3 is 14.4 Å². The standard InChI is InChI=1S/C13H16ClN3O2/c1-13(8-18)3-5-17(6-4-13)11-10-9(2-7-19-10)15-12(14)16-11/h2,7,18H,3-6,8H2,1H3. The number of nitrogens with zero attached hydrogens (tertiary/aromatic N) is 3. The molecule has 2 aromatic rings. The van der Waals surface area contributed by atoms with Gasteiger partial charge in [0.15, 0.2) is 11.4 Å². The van der Waals surface area contributed by atoms with Crippen LogP contribution in [0.1, 0.15) is 19.8 Å². The maximum Gasteiger partial charge on any atom is 0.225 e. The summed E-state index contributed by atoms with van der Waals surface area (Å²) < 4.78 is 5.46. The van der Waals surface area contributed by atoms with Crippen LogP contribution in [0.4, 0.5) is 5.82 Å². The van der Waals surface area contributed by atoms with Crippen molar-refractivity contribution in [2.45, 2.75) is 19.8 Å². The Bertz CT molecular complexity index is 591. The molecule has 0 atom stereocenters. The number of anilines is 1. The van der Waals surface area contributed by atoms with Crippen molar-refractivity contribution in [1.29, 1.82) is 0 Å². The second-order valence-electron chi connectivity index (χ2n) is 5.41. The lowest BCUT2D eigenvalue weighted by Gasteiger charge is -2.38. The van der Waals surface area contributed by atoms with Crippen molar-refractivity contribution in [2.24, 2.45) is 5.41 Å². The van der Waals surface area contributed by atoms with Crippen molar-refractivity contribution < 1.29 is 9.52 Å². The van der Waals surface area contributed by atoms with Gasteiger partial charge in [-0.05, 0) is 29.9 Å². The minimum absolute atomic E-state index is 0.00953. The van der Waals surface area contributed by atoms with E-state index in [1.807, 2.05) is 0 Å². The number of aromatic nitrogens is 2. The van der Waals surface area contributed by atoms with Crippen molar-refractivity contribution in [3.8, 4) is 0 Å². The van der Waals surface area contributed by atoms with Gasteiger partial charge in [0.05, 0.1) is 6.26 Å². The van der Waals surface area contributed by atoms with Gasteiger partial charge in [-0.25, -0.2) is 4.98 Å². The summed E-state index contributed by atoms with van der Waals surface area (Å²) in [5.74, 6) is 0.750. The van der Waals surface area contributed by atoms with E-state index in [-0.39, 0.29) is 17.3 Å². The molecule has 0 spiro atoms. The summed E-state index contributed by atoms with van der Waals surface area (Å²) in [5.41, 5.74) is 1.41. The van der Waals surface area contributed by atoms with Crippen molar-refractivity contribution in [2.75, 3.05) is 24.6 Å². The number of aliphatic hydroxyl groups is 1. The molecule has 1 saturated heterocycles. The Morgan fingerprint density at radius 1 is 1.42 bits per heavy atom. The van der Waals surface area contributed by atoms with E-state index in [2.05, 4.69) is 21.8 Å². The van der Waals surface area contributed by atoms with E-state index in [0.29, 0.717) is 5.58 Å². The predicted octanol–water partition coefficient (Wildman–Crippen LogP) is 2.48. The molecule has 0 saturated carbocycles. The van der Waals surface area contributed by atoms with Crippen LogP contribution in [0.25, 0.3) is 11.1 Å². The molecule has 2 aromatic heterocycles. The molecule has 0 unspecified atom stereocenters. The quantitative estimate of drug-likeness (QED) is 0.857. The molecular weight excluding hydrogens is 266 g/mol. The smallest absolute Gasteiger partial charge is 0.225 e. The molecular formula is C13H16ClN3O2. The van der Waals surface area contributed by atoms with Gasteiger partial charge in [0.2, 0.25) is 5.28 Å². The summed E-state index contributed by atoms with van der Waals surface area (Å²) in [4.78, 5) is 10.6. The molecule has 1 aliphatic heterocycles.